The molecule has 1 heterocycles. The van der Waals surface area contributed by atoms with Gasteiger partial charge in [0.1, 0.15) is 0 Å². The van der Waals surface area contributed by atoms with Gasteiger partial charge >= 0.3 is 0 Å². The van der Waals surface area contributed by atoms with E-state index in [0.29, 0.717) is 6.10 Å². The molecule has 1 N–H and O–H groups in total. The molecule has 1 saturated heterocycles. The Balaban J connectivity index is 1.51. The number of ether oxygens (including phenoxy) is 1. The van der Waals surface area contributed by atoms with E-state index in [4.69, 9.17) is 4.74 Å². The summed E-state index contributed by atoms with van der Waals surface area (Å²) in [6, 6.07) is 0.852. The number of nitrogens with one attached hydrogen (secondary N) is 1. The molecule has 0 aromatic carbocycles. The molecular weight excluding hydrogens is 234 g/mol. The zero-order valence-corrected chi connectivity index (χ0v) is 12.8. The van der Waals surface area contributed by atoms with Crippen LogP contribution in [0.5, 0.6) is 0 Å². The molecule has 3 aliphatic rings. The molecule has 0 amide bonds. The number of hydrogen-bond donors (Lipinski definition) is 1. The normalized spacial score (nSPS) is 32.8. The van der Waals surface area contributed by atoms with E-state index in [1.807, 2.05) is 0 Å². The van der Waals surface area contributed by atoms with Crippen LogP contribution in [0.1, 0.15) is 71.6 Å². The first-order chi connectivity index (χ1) is 9.12. The Labute approximate surface area is 118 Å². The lowest BCUT2D eigenvalue weighted by Gasteiger charge is -2.28. The van der Waals surface area contributed by atoms with Crippen molar-refractivity contribution >= 4 is 0 Å². The lowest BCUT2D eigenvalue weighted by molar-refractivity contribution is -0.0278. The fraction of sp³-hybridized carbons (Fsp3) is 1.00. The lowest BCUT2D eigenvalue weighted by Crippen LogP contribution is -2.32. The third kappa shape index (κ3) is 3.95. The summed E-state index contributed by atoms with van der Waals surface area (Å²) >= 11 is 0. The highest BCUT2D eigenvalue weighted by atomic mass is 16.5. The molecular formula is C17H31NO. The van der Waals surface area contributed by atoms with Gasteiger partial charge in [-0.2, -0.15) is 0 Å². The van der Waals surface area contributed by atoms with Gasteiger partial charge in [-0.15, -0.1) is 0 Å². The molecule has 2 heteroatoms. The van der Waals surface area contributed by atoms with Gasteiger partial charge in [0.2, 0.25) is 0 Å². The first-order valence-electron chi connectivity index (χ1n) is 8.53. The molecule has 1 aliphatic heterocycles. The van der Waals surface area contributed by atoms with E-state index >= 15 is 0 Å². The Hall–Kier alpha value is -0.0800. The maximum atomic E-state index is 6.23. The van der Waals surface area contributed by atoms with Crippen LogP contribution in [-0.4, -0.2) is 24.3 Å². The molecule has 110 valence electrons. The Morgan fingerprint density at radius 3 is 2.42 bits per heavy atom. The minimum atomic E-state index is 0.134. The molecule has 0 radical (unpaired) electrons. The second-order valence-corrected chi connectivity index (χ2v) is 7.76. The SMILES string of the molecule is CC1(C)CCC(CC(CNC2CC2)C2CCCC2)O1. The van der Waals surface area contributed by atoms with Gasteiger partial charge in [0.25, 0.3) is 0 Å². The quantitative estimate of drug-likeness (QED) is 0.786. The minimum absolute atomic E-state index is 0.134. The first-order valence-corrected chi connectivity index (χ1v) is 8.53. The molecule has 0 aromatic heterocycles. The van der Waals surface area contributed by atoms with Crippen LogP contribution in [0.2, 0.25) is 0 Å². The van der Waals surface area contributed by atoms with Crippen molar-refractivity contribution in [3.63, 3.8) is 0 Å². The zero-order valence-electron chi connectivity index (χ0n) is 12.8. The average molecular weight is 265 g/mol. The van der Waals surface area contributed by atoms with Gasteiger partial charge in [0.15, 0.2) is 0 Å². The van der Waals surface area contributed by atoms with Gasteiger partial charge in [0, 0.05) is 6.04 Å². The molecule has 3 fully saturated rings. The van der Waals surface area contributed by atoms with Crippen LogP contribution in [0.25, 0.3) is 0 Å². The summed E-state index contributed by atoms with van der Waals surface area (Å²) in [7, 11) is 0. The fourth-order valence-corrected chi connectivity index (χ4v) is 4.06. The average Bonchev–Trinajstić information content (AvgIpc) is 2.89. The van der Waals surface area contributed by atoms with E-state index in [2.05, 4.69) is 19.2 Å². The first kappa shape index (κ1) is 13.9. The van der Waals surface area contributed by atoms with Crippen LogP contribution in [-0.2, 0) is 4.74 Å². The maximum absolute atomic E-state index is 6.23. The minimum Gasteiger partial charge on any atom is -0.372 e. The van der Waals surface area contributed by atoms with Gasteiger partial charge in [0.05, 0.1) is 11.7 Å². The summed E-state index contributed by atoms with van der Waals surface area (Å²) < 4.78 is 6.23. The third-order valence-corrected chi connectivity index (χ3v) is 5.43. The van der Waals surface area contributed by atoms with Crippen molar-refractivity contribution in [2.45, 2.75) is 89.4 Å². The van der Waals surface area contributed by atoms with Crippen molar-refractivity contribution in [3.8, 4) is 0 Å². The fourth-order valence-electron chi connectivity index (χ4n) is 4.06. The molecule has 0 spiro atoms. The van der Waals surface area contributed by atoms with Gasteiger partial charge in [-0.3, -0.25) is 0 Å². The second-order valence-electron chi connectivity index (χ2n) is 7.76. The van der Waals surface area contributed by atoms with Crippen LogP contribution in [0.4, 0.5) is 0 Å². The Kier molecular flexibility index (Phi) is 4.19. The summed E-state index contributed by atoms with van der Waals surface area (Å²) in [5.74, 6) is 1.83. The molecule has 2 nitrogen and oxygen atoms in total. The Morgan fingerprint density at radius 1 is 1.11 bits per heavy atom. The highest BCUT2D eigenvalue weighted by Gasteiger charge is 2.35. The predicted molar refractivity (Wildman–Crippen MR) is 79.3 cm³/mol. The van der Waals surface area contributed by atoms with Crippen molar-refractivity contribution in [1.29, 1.82) is 0 Å². The topological polar surface area (TPSA) is 21.3 Å². The summed E-state index contributed by atoms with van der Waals surface area (Å²) in [5, 5.41) is 3.77. The smallest absolute Gasteiger partial charge is 0.0631 e. The van der Waals surface area contributed by atoms with Crippen LogP contribution in [0.15, 0.2) is 0 Å². The molecule has 3 rings (SSSR count). The van der Waals surface area contributed by atoms with Crippen LogP contribution < -0.4 is 5.32 Å². The molecule has 2 aliphatic carbocycles. The third-order valence-electron chi connectivity index (χ3n) is 5.43. The van der Waals surface area contributed by atoms with E-state index in [1.54, 1.807) is 0 Å². The molecule has 0 bridgehead atoms. The second kappa shape index (κ2) is 5.73. The number of hydrogen-bond acceptors (Lipinski definition) is 2. The summed E-state index contributed by atoms with van der Waals surface area (Å²) in [6.07, 6.45) is 13.0. The van der Waals surface area contributed by atoms with E-state index in [-0.39, 0.29) is 5.60 Å². The molecule has 0 aromatic rings. The van der Waals surface area contributed by atoms with Crippen LogP contribution >= 0.6 is 0 Å². The van der Waals surface area contributed by atoms with E-state index in [9.17, 15) is 0 Å². The van der Waals surface area contributed by atoms with Crippen molar-refractivity contribution in [3.05, 3.63) is 0 Å². The van der Waals surface area contributed by atoms with E-state index in [1.165, 1.54) is 64.3 Å². The molecule has 2 saturated carbocycles. The monoisotopic (exact) mass is 265 g/mol. The standard InChI is InChI=1S/C17H31NO/c1-17(2)10-9-16(19-17)11-14(12-18-15-7-8-15)13-5-3-4-6-13/h13-16,18H,3-12H2,1-2H3. The largest absolute Gasteiger partial charge is 0.372 e. The van der Waals surface area contributed by atoms with Crippen molar-refractivity contribution in [1.82, 2.24) is 5.32 Å². The van der Waals surface area contributed by atoms with E-state index < -0.39 is 0 Å². The molecule has 19 heavy (non-hydrogen) atoms. The van der Waals surface area contributed by atoms with Gasteiger partial charge in [-0.25, -0.2) is 0 Å². The maximum Gasteiger partial charge on any atom is 0.0631 e. The zero-order chi connectivity index (χ0) is 13.3. The highest BCUT2D eigenvalue weighted by Crippen LogP contribution is 2.38. The van der Waals surface area contributed by atoms with Crippen molar-refractivity contribution in [2.75, 3.05) is 6.54 Å². The highest BCUT2D eigenvalue weighted by molar-refractivity contribution is 4.88. The van der Waals surface area contributed by atoms with Crippen LogP contribution in [0, 0.1) is 11.8 Å². The number of rotatable bonds is 6. The van der Waals surface area contributed by atoms with Crippen molar-refractivity contribution < 1.29 is 4.74 Å². The van der Waals surface area contributed by atoms with Gasteiger partial charge in [-0.05, 0) is 64.3 Å². The lowest BCUT2D eigenvalue weighted by atomic mass is 9.85. The van der Waals surface area contributed by atoms with Crippen LogP contribution in [0.3, 0.4) is 0 Å². The van der Waals surface area contributed by atoms with Gasteiger partial charge in [-0.1, -0.05) is 25.7 Å². The molecule has 2 unspecified atom stereocenters. The Morgan fingerprint density at radius 2 is 1.84 bits per heavy atom. The Bertz CT molecular complexity index is 292. The predicted octanol–water partition coefficient (Wildman–Crippen LogP) is 3.89. The van der Waals surface area contributed by atoms with Gasteiger partial charge < -0.3 is 10.1 Å². The summed E-state index contributed by atoms with van der Waals surface area (Å²) in [5.41, 5.74) is 0.134. The molecule has 2 atom stereocenters. The van der Waals surface area contributed by atoms with Crippen molar-refractivity contribution in [2.24, 2.45) is 11.8 Å². The summed E-state index contributed by atoms with van der Waals surface area (Å²) in [4.78, 5) is 0. The van der Waals surface area contributed by atoms with E-state index in [0.717, 1.165) is 17.9 Å². The summed E-state index contributed by atoms with van der Waals surface area (Å²) in [6.45, 7) is 5.75.